The minimum Gasteiger partial charge on any atom is -0.491 e. The van der Waals surface area contributed by atoms with Crippen molar-refractivity contribution < 1.29 is 14.6 Å². The molecule has 4 nitrogen and oxygen atoms in total. The molecule has 2 rings (SSSR count). The molecular formula is C17H25NO3. The first-order valence-electron chi connectivity index (χ1n) is 7.59. The van der Waals surface area contributed by atoms with E-state index in [1.54, 1.807) is 0 Å². The van der Waals surface area contributed by atoms with Crippen molar-refractivity contribution in [3.8, 4) is 5.75 Å². The number of hydrogen-bond acceptors (Lipinski definition) is 3. The lowest BCUT2D eigenvalue weighted by molar-refractivity contribution is -0.147. The minimum absolute atomic E-state index is 0.168. The van der Waals surface area contributed by atoms with Gasteiger partial charge in [-0.2, -0.15) is 0 Å². The maximum Gasteiger partial charge on any atom is 0.327 e. The van der Waals surface area contributed by atoms with E-state index >= 15 is 0 Å². The van der Waals surface area contributed by atoms with E-state index in [4.69, 9.17) is 4.74 Å². The zero-order valence-electron chi connectivity index (χ0n) is 13.3. The highest BCUT2D eigenvalue weighted by Crippen LogP contribution is 2.40. The Morgan fingerprint density at radius 3 is 2.57 bits per heavy atom. The van der Waals surface area contributed by atoms with E-state index in [0.29, 0.717) is 6.54 Å². The highest BCUT2D eigenvalue weighted by atomic mass is 16.5. The van der Waals surface area contributed by atoms with E-state index in [1.807, 2.05) is 33.8 Å². The van der Waals surface area contributed by atoms with Crippen molar-refractivity contribution in [3.63, 3.8) is 0 Å². The Labute approximate surface area is 126 Å². The number of benzene rings is 1. The molecular weight excluding hydrogens is 266 g/mol. The molecule has 1 aliphatic carbocycles. The first-order valence-corrected chi connectivity index (χ1v) is 7.59. The van der Waals surface area contributed by atoms with Gasteiger partial charge in [0.2, 0.25) is 0 Å². The van der Waals surface area contributed by atoms with Crippen molar-refractivity contribution in [2.45, 2.75) is 46.1 Å². The minimum atomic E-state index is -0.959. The molecule has 116 valence electrons. The molecule has 0 amide bonds. The van der Waals surface area contributed by atoms with Crippen LogP contribution in [0, 0.1) is 26.7 Å². The number of aryl methyl sites for hydroxylation is 2. The maximum absolute atomic E-state index is 11.8. The lowest BCUT2D eigenvalue weighted by Gasteiger charge is -2.30. The molecule has 4 heteroatoms. The summed E-state index contributed by atoms with van der Waals surface area (Å²) >= 11 is 0. The van der Waals surface area contributed by atoms with Crippen LogP contribution in [0.5, 0.6) is 5.75 Å². The second kappa shape index (κ2) is 6.06. The molecule has 0 bridgehead atoms. The third-order valence-electron chi connectivity index (χ3n) is 4.37. The smallest absolute Gasteiger partial charge is 0.327 e. The van der Waals surface area contributed by atoms with E-state index < -0.39 is 11.5 Å². The quantitative estimate of drug-likeness (QED) is 0.811. The predicted octanol–water partition coefficient (Wildman–Crippen LogP) is 2.83. The summed E-state index contributed by atoms with van der Waals surface area (Å²) in [4.78, 5) is 11.8. The second-order valence-electron chi connectivity index (χ2n) is 6.07. The topological polar surface area (TPSA) is 58.6 Å². The number of likely N-dealkylation sites (N-methyl/N-ethyl adjacent to an activating group) is 1. The molecule has 1 aromatic rings. The summed E-state index contributed by atoms with van der Waals surface area (Å²) in [6, 6.07) is 4.09. The van der Waals surface area contributed by atoms with Gasteiger partial charge in [-0.25, -0.2) is 0 Å². The van der Waals surface area contributed by atoms with Crippen LogP contribution < -0.4 is 10.1 Å². The maximum atomic E-state index is 11.8. The predicted molar refractivity (Wildman–Crippen MR) is 82.9 cm³/mol. The van der Waals surface area contributed by atoms with Gasteiger partial charge in [-0.1, -0.05) is 13.0 Å². The molecule has 21 heavy (non-hydrogen) atoms. The summed E-state index contributed by atoms with van der Waals surface area (Å²) in [7, 11) is 0. The van der Waals surface area contributed by atoms with E-state index in [1.165, 1.54) is 5.56 Å². The van der Waals surface area contributed by atoms with E-state index in [9.17, 15) is 9.90 Å². The largest absolute Gasteiger partial charge is 0.491 e. The van der Waals surface area contributed by atoms with Crippen LogP contribution in [-0.2, 0) is 4.79 Å². The van der Waals surface area contributed by atoms with Gasteiger partial charge in [-0.05, 0) is 68.8 Å². The molecule has 1 unspecified atom stereocenters. The van der Waals surface area contributed by atoms with Gasteiger partial charge >= 0.3 is 5.97 Å². The number of carboxylic acid groups (broad SMARTS) is 1. The third kappa shape index (κ3) is 3.21. The van der Waals surface area contributed by atoms with Crippen LogP contribution in [0.4, 0.5) is 0 Å². The highest BCUT2D eigenvalue weighted by Gasteiger charge is 2.51. The molecule has 2 N–H and O–H groups in total. The summed E-state index contributed by atoms with van der Waals surface area (Å²) in [5.41, 5.74) is 2.41. The van der Waals surface area contributed by atoms with E-state index in [2.05, 4.69) is 11.4 Å². The molecule has 0 heterocycles. The van der Waals surface area contributed by atoms with Gasteiger partial charge in [0.15, 0.2) is 5.54 Å². The van der Waals surface area contributed by atoms with Crippen LogP contribution in [0.25, 0.3) is 0 Å². The summed E-state index contributed by atoms with van der Waals surface area (Å²) in [6.07, 6.45) is 1.91. The molecule has 1 aromatic carbocycles. The standard InChI is InChI=1S/C17H25NO3/c1-5-18-17(16(19)20,14-6-7-14)10-21-15-9-11(2)8-12(3)13(15)4/h8-9,14,18H,5-7,10H2,1-4H3,(H,19,20). The lowest BCUT2D eigenvalue weighted by atomic mass is 9.94. The Bertz CT molecular complexity index is 537. The molecule has 0 radical (unpaired) electrons. The van der Waals surface area contributed by atoms with Gasteiger partial charge in [-0.3, -0.25) is 10.1 Å². The van der Waals surface area contributed by atoms with Crippen LogP contribution in [0.1, 0.15) is 36.5 Å². The number of nitrogens with one attached hydrogen (secondary N) is 1. The van der Waals surface area contributed by atoms with Gasteiger partial charge in [0.1, 0.15) is 12.4 Å². The summed E-state index contributed by atoms with van der Waals surface area (Å²) < 4.78 is 5.94. The average Bonchev–Trinajstić information content (AvgIpc) is 3.24. The Kier molecular flexibility index (Phi) is 4.57. The van der Waals surface area contributed by atoms with Crippen molar-refractivity contribution >= 4 is 5.97 Å². The van der Waals surface area contributed by atoms with Crippen molar-refractivity contribution in [3.05, 3.63) is 28.8 Å². The zero-order chi connectivity index (χ0) is 15.6. The van der Waals surface area contributed by atoms with Crippen molar-refractivity contribution in [2.24, 2.45) is 5.92 Å². The Morgan fingerprint density at radius 2 is 2.05 bits per heavy atom. The van der Waals surface area contributed by atoms with Gasteiger partial charge in [0, 0.05) is 0 Å². The molecule has 0 spiro atoms. The fraction of sp³-hybridized carbons (Fsp3) is 0.588. The second-order valence-corrected chi connectivity index (χ2v) is 6.07. The Hall–Kier alpha value is -1.55. The van der Waals surface area contributed by atoms with Gasteiger partial charge in [-0.15, -0.1) is 0 Å². The average molecular weight is 291 g/mol. The fourth-order valence-electron chi connectivity index (χ4n) is 2.86. The fourth-order valence-corrected chi connectivity index (χ4v) is 2.86. The number of carbonyl (C=O) groups is 1. The Balaban J connectivity index is 2.21. The molecule has 1 aliphatic rings. The number of aliphatic carboxylic acids is 1. The van der Waals surface area contributed by atoms with Crippen LogP contribution >= 0.6 is 0 Å². The highest BCUT2D eigenvalue weighted by molar-refractivity contribution is 5.80. The van der Waals surface area contributed by atoms with Crippen molar-refractivity contribution in [1.29, 1.82) is 0 Å². The monoisotopic (exact) mass is 291 g/mol. The molecule has 1 saturated carbocycles. The molecule has 1 atom stereocenters. The van der Waals surface area contributed by atoms with Crippen molar-refractivity contribution in [1.82, 2.24) is 5.32 Å². The van der Waals surface area contributed by atoms with Gasteiger partial charge in [0.05, 0.1) is 0 Å². The molecule has 0 saturated heterocycles. The van der Waals surface area contributed by atoms with Crippen molar-refractivity contribution in [2.75, 3.05) is 13.2 Å². The number of hydrogen-bond donors (Lipinski definition) is 2. The van der Waals surface area contributed by atoms with E-state index in [-0.39, 0.29) is 12.5 Å². The lowest BCUT2D eigenvalue weighted by Crippen LogP contribution is -2.58. The molecule has 0 aliphatic heterocycles. The van der Waals surface area contributed by atoms with E-state index in [0.717, 1.165) is 29.7 Å². The summed E-state index contributed by atoms with van der Waals surface area (Å²) in [5, 5.41) is 12.8. The molecule has 1 fully saturated rings. The first kappa shape index (κ1) is 15.8. The third-order valence-corrected chi connectivity index (χ3v) is 4.37. The first-order chi connectivity index (χ1) is 9.90. The zero-order valence-corrected chi connectivity index (χ0v) is 13.3. The molecule has 0 aromatic heterocycles. The van der Waals surface area contributed by atoms with Crippen LogP contribution in [-0.4, -0.2) is 29.8 Å². The number of ether oxygens (including phenoxy) is 1. The van der Waals surface area contributed by atoms with Gasteiger partial charge < -0.3 is 9.84 Å². The number of carboxylic acids is 1. The Morgan fingerprint density at radius 1 is 1.38 bits per heavy atom. The number of rotatable bonds is 7. The SMILES string of the molecule is CCNC(COc1cc(C)cc(C)c1C)(C(=O)O)C1CC1. The summed E-state index contributed by atoms with van der Waals surface area (Å²) in [6.45, 7) is 8.81. The summed E-state index contributed by atoms with van der Waals surface area (Å²) in [5.74, 6) is 0.145. The van der Waals surface area contributed by atoms with Crippen LogP contribution in [0.2, 0.25) is 0 Å². The van der Waals surface area contributed by atoms with Gasteiger partial charge in [0.25, 0.3) is 0 Å². The van der Waals surface area contributed by atoms with Crippen LogP contribution in [0.3, 0.4) is 0 Å². The normalized spacial score (nSPS) is 17.3. The van der Waals surface area contributed by atoms with Crippen LogP contribution in [0.15, 0.2) is 12.1 Å².